The van der Waals surface area contributed by atoms with E-state index in [0.29, 0.717) is 29.2 Å². The Hall–Kier alpha value is -3.18. The van der Waals surface area contributed by atoms with Crippen molar-refractivity contribution < 1.29 is 14.2 Å². The molecular weight excluding hydrogens is 304 g/mol. The summed E-state index contributed by atoms with van der Waals surface area (Å²) in [7, 11) is 4.66. The van der Waals surface area contributed by atoms with Gasteiger partial charge >= 0.3 is 0 Å². The molecule has 5 heteroatoms. The largest absolute Gasteiger partial charge is 0.493 e. The fraction of sp³-hybridized carbons (Fsp3) is 0.263. The molecule has 0 aromatic heterocycles. The van der Waals surface area contributed by atoms with Crippen LogP contribution in [0.4, 0.5) is 0 Å². The van der Waals surface area contributed by atoms with Crippen molar-refractivity contribution in [1.82, 2.24) is 0 Å². The van der Waals surface area contributed by atoms with Crippen LogP contribution < -0.4 is 14.2 Å². The number of rotatable bonds is 6. The second kappa shape index (κ2) is 7.89. The Balaban J connectivity index is 2.38. The fourth-order valence-electron chi connectivity index (χ4n) is 2.55. The van der Waals surface area contributed by atoms with Crippen LogP contribution in [0.1, 0.15) is 22.6 Å². The first kappa shape index (κ1) is 17.2. The van der Waals surface area contributed by atoms with Crippen molar-refractivity contribution in [2.75, 3.05) is 21.3 Å². The van der Waals surface area contributed by atoms with Crippen LogP contribution in [0.3, 0.4) is 0 Å². The molecule has 2 aromatic rings. The minimum Gasteiger partial charge on any atom is -0.493 e. The molecule has 0 N–H and O–H groups in total. The van der Waals surface area contributed by atoms with Crippen LogP contribution in [0.5, 0.6) is 17.2 Å². The van der Waals surface area contributed by atoms with Crippen LogP contribution in [0.15, 0.2) is 36.4 Å². The zero-order valence-electron chi connectivity index (χ0n) is 13.9. The molecule has 0 heterocycles. The van der Waals surface area contributed by atoms with Gasteiger partial charge in [-0.25, -0.2) is 0 Å². The van der Waals surface area contributed by atoms with Gasteiger partial charge in [-0.1, -0.05) is 12.1 Å². The van der Waals surface area contributed by atoms with E-state index in [9.17, 15) is 5.26 Å². The van der Waals surface area contributed by atoms with E-state index < -0.39 is 0 Å². The smallest absolute Gasteiger partial charge is 0.203 e. The first-order valence-electron chi connectivity index (χ1n) is 7.35. The molecule has 0 bridgehead atoms. The second-order valence-electron chi connectivity index (χ2n) is 5.16. The van der Waals surface area contributed by atoms with Crippen LogP contribution in [-0.2, 0) is 6.42 Å². The van der Waals surface area contributed by atoms with Gasteiger partial charge in [0.15, 0.2) is 11.5 Å². The van der Waals surface area contributed by atoms with E-state index in [0.717, 1.165) is 11.1 Å². The highest BCUT2D eigenvalue weighted by Gasteiger charge is 2.17. The number of benzene rings is 2. The highest BCUT2D eigenvalue weighted by molar-refractivity contribution is 5.54. The first-order chi connectivity index (χ1) is 11.7. The summed E-state index contributed by atoms with van der Waals surface area (Å²) in [5.41, 5.74) is 2.24. The van der Waals surface area contributed by atoms with E-state index >= 15 is 0 Å². The third-order valence-electron chi connectivity index (χ3n) is 3.74. The van der Waals surface area contributed by atoms with Gasteiger partial charge in [-0.2, -0.15) is 10.5 Å². The predicted molar refractivity (Wildman–Crippen MR) is 89.3 cm³/mol. The molecule has 1 unspecified atom stereocenters. The first-order valence-corrected chi connectivity index (χ1v) is 7.35. The van der Waals surface area contributed by atoms with E-state index in [4.69, 9.17) is 19.5 Å². The van der Waals surface area contributed by atoms with Gasteiger partial charge in [0.2, 0.25) is 5.75 Å². The van der Waals surface area contributed by atoms with E-state index in [1.807, 2.05) is 18.2 Å². The van der Waals surface area contributed by atoms with Crippen molar-refractivity contribution >= 4 is 0 Å². The summed E-state index contributed by atoms with van der Waals surface area (Å²) in [6.07, 6.45) is 0.474. The molecular formula is C19H18N2O3. The van der Waals surface area contributed by atoms with E-state index in [1.54, 1.807) is 39.5 Å². The van der Waals surface area contributed by atoms with Crippen molar-refractivity contribution in [3.63, 3.8) is 0 Å². The van der Waals surface area contributed by atoms with Gasteiger partial charge < -0.3 is 14.2 Å². The van der Waals surface area contributed by atoms with Crippen molar-refractivity contribution in [3.05, 3.63) is 53.1 Å². The average molecular weight is 322 g/mol. The summed E-state index contributed by atoms with van der Waals surface area (Å²) in [4.78, 5) is 0. The summed E-state index contributed by atoms with van der Waals surface area (Å²) in [5.74, 6) is 1.24. The Morgan fingerprint density at radius 2 is 1.62 bits per heavy atom. The van der Waals surface area contributed by atoms with Crippen LogP contribution in [0.25, 0.3) is 0 Å². The third kappa shape index (κ3) is 3.59. The van der Waals surface area contributed by atoms with E-state index in [1.165, 1.54) is 0 Å². The molecule has 0 saturated heterocycles. The number of hydrogen-bond donors (Lipinski definition) is 0. The lowest BCUT2D eigenvalue weighted by molar-refractivity contribution is 0.323. The Labute approximate surface area is 141 Å². The molecule has 2 rings (SSSR count). The molecule has 5 nitrogen and oxygen atoms in total. The number of nitrogens with zero attached hydrogens (tertiary/aromatic N) is 2. The number of hydrogen-bond acceptors (Lipinski definition) is 5. The van der Waals surface area contributed by atoms with Gasteiger partial charge in [0.05, 0.1) is 44.9 Å². The zero-order chi connectivity index (χ0) is 17.5. The molecule has 0 spiro atoms. The predicted octanol–water partition coefficient (Wildman–Crippen LogP) is 3.43. The lowest BCUT2D eigenvalue weighted by Gasteiger charge is -2.16. The highest BCUT2D eigenvalue weighted by atomic mass is 16.5. The fourth-order valence-corrected chi connectivity index (χ4v) is 2.55. The van der Waals surface area contributed by atoms with Gasteiger partial charge in [0.25, 0.3) is 0 Å². The van der Waals surface area contributed by atoms with Gasteiger partial charge in [-0.3, -0.25) is 0 Å². The normalized spacial score (nSPS) is 11.0. The maximum atomic E-state index is 9.54. The van der Waals surface area contributed by atoms with Crippen molar-refractivity contribution in [2.45, 2.75) is 12.3 Å². The molecule has 0 amide bonds. The molecule has 0 radical (unpaired) electrons. The van der Waals surface area contributed by atoms with Gasteiger partial charge in [0, 0.05) is 0 Å². The molecule has 122 valence electrons. The Bertz CT molecular complexity index is 778. The highest BCUT2D eigenvalue weighted by Crippen LogP contribution is 2.39. The molecule has 0 saturated carbocycles. The lowest BCUT2D eigenvalue weighted by Crippen LogP contribution is -2.03. The summed E-state index contributed by atoms with van der Waals surface area (Å²) in [6.45, 7) is 0. The molecule has 24 heavy (non-hydrogen) atoms. The summed E-state index contributed by atoms with van der Waals surface area (Å²) in [6, 6.07) is 15.2. The van der Waals surface area contributed by atoms with Gasteiger partial charge in [-0.15, -0.1) is 0 Å². The van der Waals surface area contributed by atoms with E-state index in [2.05, 4.69) is 12.1 Å². The van der Waals surface area contributed by atoms with Crippen molar-refractivity contribution in [2.24, 2.45) is 0 Å². The van der Waals surface area contributed by atoms with Crippen LogP contribution in [-0.4, -0.2) is 21.3 Å². The lowest BCUT2D eigenvalue weighted by atomic mass is 9.92. The molecule has 0 aliphatic rings. The standard InChI is InChI=1S/C19H18N2O3/c1-22-17-9-14(10-18(23-2)19(17)24-3)8-16(12-21)15-6-4-5-13(7-15)11-20/h4-7,9-10,16H,8H2,1-3H3. The molecule has 0 aliphatic carbocycles. The van der Waals surface area contributed by atoms with Gasteiger partial charge in [0.1, 0.15) is 0 Å². The van der Waals surface area contributed by atoms with Crippen molar-refractivity contribution in [3.8, 4) is 29.4 Å². The Kier molecular flexibility index (Phi) is 5.65. The SMILES string of the molecule is COc1cc(CC(C#N)c2cccc(C#N)c2)cc(OC)c1OC. The summed E-state index contributed by atoms with van der Waals surface area (Å²) in [5, 5.41) is 18.6. The Morgan fingerprint density at radius 3 is 2.12 bits per heavy atom. The summed E-state index contributed by atoms with van der Waals surface area (Å²) >= 11 is 0. The minimum absolute atomic E-state index is 0.374. The maximum absolute atomic E-state index is 9.54. The second-order valence-corrected chi connectivity index (χ2v) is 5.16. The van der Waals surface area contributed by atoms with E-state index in [-0.39, 0.29) is 5.92 Å². The molecule has 0 fully saturated rings. The average Bonchev–Trinajstić information content (AvgIpc) is 2.64. The number of nitriles is 2. The molecule has 2 aromatic carbocycles. The van der Waals surface area contributed by atoms with Crippen molar-refractivity contribution in [1.29, 1.82) is 10.5 Å². The topological polar surface area (TPSA) is 75.3 Å². The van der Waals surface area contributed by atoms with Crippen LogP contribution in [0, 0.1) is 22.7 Å². The summed E-state index contributed by atoms with van der Waals surface area (Å²) < 4.78 is 16.0. The van der Waals surface area contributed by atoms with Gasteiger partial charge in [-0.05, 0) is 41.8 Å². The molecule has 0 aliphatic heterocycles. The van der Waals surface area contributed by atoms with Crippen LogP contribution >= 0.6 is 0 Å². The zero-order valence-corrected chi connectivity index (χ0v) is 13.9. The Morgan fingerprint density at radius 1 is 0.958 bits per heavy atom. The quantitative estimate of drug-likeness (QED) is 0.814. The monoisotopic (exact) mass is 322 g/mol. The number of ether oxygens (including phenoxy) is 3. The molecule has 1 atom stereocenters. The third-order valence-corrected chi connectivity index (χ3v) is 3.74. The van der Waals surface area contributed by atoms with Crippen LogP contribution in [0.2, 0.25) is 0 Å². The maximum Gasteiger partial charge on any atom is 0.203 e. The minimum atomic E-state index is -0.374. The number of methoxy groups -OCH3 is 3.